The van der Waals surface area contributed by atoms with Crippen molar-refractivity contribution in [3.63, 3.8) is 0 Å². The van der Waals surface area contributed by atoms with E-state index < -0.39 is 0 Å². The lowest BCUT2D eigenvalue weighted by atomic mass is 10.0. The van der Waals surface area contributed by atoms with Gasteiger partial charge in [-0.1, -0.05) is 37.3 Å². The van der Waals surface area contributed by atoms with Crippen molar-refractivity contribution in [1.29, 1.82) is 0 Å². The molecule has 5 rings (SSSR count). The van der Waals surface area contributed by atoms with Gasteiger partial charge in [0.2, 0.25) is 5.91 Å². The minimum atomic E-state index is 0.0321. The van der Waals surface area contributed by atoms with Crippen LogP contribution in [-0.2, 0) is 24.2 Å². The molecule has 1 aliphatic rings. The molecule has 0 aliphatic carbocycles. The van der Waals surface area contributed by atoms with Gasteiger partial charge in [0.05, 0.1) is 16.6 Å². The molecule has 0 radical (unpaired) electrons. The van der Waals surface area contributed by atoms with Crippen LogP contribution < -0.4 is 5.32 Å². The van der Waals surface area contributed by atoms with Gasteiger partial charge in [-0.05, 0) is 67.6 Å². The largest absolute Gasteiger partial charge is 0.317 e. The van der Waals surface area contributed by atoms with E-state index in [0.29, 0.717) is 6.42 Å². The number of thiazole rings is 1. The first-order valence-corrected chi connectivity index (χ1v) is 13.2. The number of amides is 1. The fourth-order valence-electron chi connectivity index (χ4n) is 4.53. The van der Waals surface area contributed by atoms with E-state index in [-0.39, 0.29) is 5.91 Å². The van der Waals surface area contributed by atoms with E-state index in [9.17, 15) is 4.79 Å². The van der Waals surface area contributed by atoms with E-state index in [4.69, 9.17) is 4.98 Å². The molecule has 4 nitrogen and oxygen atoms in total. The number of thiophene rings is 1. The summed E-state index contributed by atoms with van der Waals surface area (Å²) < 4.78 is 1.18. The predicted octanol–water partition coefficient (Wildman–Crippen LogP) is 6.59. The molecular formula is C27H29N3OS2. The van der Waals surface area contributed by atoms with Gasteiger partial charge in [-0.2, -0.15) is 0 Å². The highest BCUT2D eigenvalue weighted by molar-refractivity contribution is 7.22. The first-order valence-electron chi connectivity index (χ1n) is 11.6. The summed E-state index contributed by atoms with van der Waals surface area (Å²) >= 11 is 3.45. The molecule has 0 atom stereocenters. The summed E-state index contributed by atoms with van der Waals surface area (Å²) in [6.45, 7) is 9.56. The molecule has 1 aliphatic heterocycles. The fourth-order valence-corrected chi connectivity index (χ4v) is 6.94. The Morgan fingerprint density at radius 3 is 2.76 bits per heavy atom. The maximum Gasteiger partial charge on any atom is 0.229 e. The zero-order valence-corrected chi connectivity index (χ0v) is 21.0. The van der Waals surface area contributed by atoms with Crippen LogP contribution in [0.1, 0.15) is 40.5 Å². The van der Waals surface area contributed by atoms with Gasteiger partial charge in [-0.25, -0.2) is 4.98 Å². The zero-order chi connectivity index (χ0) is 22.9. The van der Waals surface area contributed by atoms with Crippen LogP contribution in [0.15, 0.2) is 42.5 Å². The first kappa shape index (κ1) is 22.3. The van der Waals surface area contributed by atoms with Gasteiger partial charge in [-0.3, -0.25) is 9.69 Å². The lowest BCUT2D eigenvalue weighted by Gasteiger charge is -2.26. The van der Waals surface area contributed by atoms with Crippen molar-refractivity contribution in [3.8, 4) is 10.6 Å². The minimum Gasteiger partial charge on any atom is -0.317 e. The van der Waals surface area contributed by atoms with Gasteiger partial charge in [0, 0.05) is 23.5 Å². The van der Waals surface area contributed by atoms with Crippen LogP contribution in [-0.4, -0.2) is 28.9 Å². The molecule has 2 aromatic carbocycles. The molecule has 4 aromatic rings. The number of hydrogen-bond acceptors (Lipinski definition) is 5. The summed E-state index contributed by atoms with van der Waals surface area (Å²) in [5, 5.41) is 5.23. The predicted molar refractivity (Wildman–Crippen MR) is 140 cm³/mol. The second-order valence-electron chi connectivity index (χ2n) is 8.86. The van der Waals surface area contributed by atoms with Crippen LogP contribution in [0.25, 0.3) is 20.8 Å². The number of nitrogens with zero attached hydrogens (tertiary/aromatic N) is 2. The van der Waals surface area contributed by atoms with Crippen LogP contribution in [0.4, 0.5) is 5.00 Å². The molecule has 6 heteroatoms. The molecule has 0 spiro atoms. The second-order valence-corrected chi connectivity index (χ2v) is 11.0. The lowest BCUT2D eigenvalue weighted by Crippen LogP contribution is -2.30. The highest BCUT2D eigenvalue weighted by Gasteiger charge is 2.27. The summed E-state index contributed by atoms with van der Waals surface area (Å²) in [6, 6.07) is 14.5. The van der Waals surface area contributed by atoms with E-state index in [2.05, 4.69) is 67.4 Å². The Hall–Kier alpha value is -2.54. The van der Waals surface area contributed by atoms with Crippen LogP contribution in [0.3, 0.4) is 0 Å². The number of aryl methyl sites for hydroxylation is 2. The molecule has 170 valence electrons. The number of aromatic nitrogens is 1. The molecule has 0 saturated carbocycles. The monoisotopic (exact) mass is 475 g/mol. The van der Waals surface area contributed by atoms with Gasteiger partial charge in [-0.15, -0.1) is 22.7 Å². The van der Waals surface area contributed by atoms with Crippen LogP contribution in [0.5, 0.6) is 0 Å². The normalized spacial score (nSPS) is 13.9. The Morgan fingerprint density at radius 1 is 1.12 bits per heavy atom. The van der Waals surface area contributed by atoms with Gasteiger partial charge < -0.3 is 5.32 Å². The average molecular weight is 476 g/mol. The number of nitrogens with one attached hydrogen (secondary N) is 1. The first-order chi connectivity index (χ1) is 16.0. The van der Waals surface area contributed by atoms with Crippen molar-refractivity contribution >= 4 is 43.8 Å². The zero-order valence-electron chi connectivity index (χ0n) is 19.4. The third kappa shape index (κ3) is 4.60. The maximum atomic E-state index is 13.1. The SMILES string of the molecule is CCCN1CCc2c(sc(NC(=O)Cc3ccc(C)c(C)c3)c2-c2nc3ccccc3s2)C1. The fraction of sp³-hybridized carbons (Fsp3) is 0.333. The van der Waals surface area contributed by atoms with E-state index in [1.165, 1.54) is 26.3 Å². The third-order valence-electron chi connectivity index (χ3n) is 6.37. The Labute approximate surface area is 203 Å². The number of benzene rings is 2. The molecule has 2 aromatic heterocycles. The van der Waals surface area contributed by atoms with Gasteiger partial charge >= 0.3 is 0 Å². The molecule has 0 bridgehead atoms. The van der Waals surface area contributed by atoms with Gasteiger partial charge in [0.1, 0.15) is 10.0 Å². The topological polar surface area (TPSA) is 45.2 Å². The molecule has 1 N–H and O–H groups in total. The molecule has 3 heterocycles. The standard InChI is InChI=1S/C27H29N3OS2/c1-4-12-30-13-11-20-23(16-30)33-27(25(20)26-28-21-7-5-6-8-22(21)32-26)29-24(31)15-19-10-9-17(2)18(3)14-19/h5-10,14H,4,11-13,15-16H2,1-3H3,(H,29,31). The van der Waals surface area contributed by atoms with Crippen molar-refractivity contribution in [2.24, 2.45) is 0 Å². The molecule has 0 saturated heterocycles. The number of fused-ring (bicyclic) bond motifs is 2. The molecular weight excluding hydrogens is 446 g/mol. The van der Waals surface area contributed by atoms with Crippen molar-refractivity contribution in [2.45, 2.75) is 46.6 Å². The molecule has 33 heavy (non-hydrogen) atoms. The molecule has 0 unspecified atom stereocenters. The highest BCUT2D eigenvalue weighted by atomic mass is 32.1. The number of carbonyl (C=O) groups excluding carboxylic acids is 1. The summed E-state index contributed by atoms with van der Waals surface area (Å²) in [5.74, 6) is 0.0321. The van der Waals surface area contributed by atoms with Crippen LogP contribution >= 0.6 is 22.7 Å². The van der Waals surface area contributed by atoms with E-state index >= 15 is 0 Å². The summed E-state index contributed by atoms with van der Waals surface area (Å²) in [5.41, 5.74) is 7.05. The Balaban J connectivity index is 1.49. The van der Waals surface area contributed by atoms with Crippen molar-refractivity contribution in [3.05, 3.63) is 69.6 Å². The third-order valence-corrected chi connectivity index (χ3v) is 8.56. The molecule has 1 amide bonds. The quantitative estimate of drug-likeness (QED) is 0.342. The maximum absolute atomic E-state index is 13.1. The van der Waals surface area contributed by atoms with E-state index in [1.54, 1.807) is 22.7 Å². The summed E-state index contributed by atoms with van der Waals surface area (Å²) in [7, 11) is 0. The summed E-state index contributed by atoms with van der Waals surface area (Å²) in [6.07, 6.45) is 2.54. The summed E-state index contributed by atoms with van der Waals surface area (Å²) in [4.78, 5) is 21.9. The van der Waals surface area contributed by atoms with Crippen molar-refractivity contribution in [2.75, 3.05) is 18.4 Å². The number of rotatable bonds is 6. The van der Waals surface area contributed by atoms with Crippen molar-refractivity contribution < 1.29 is 4.79 Å². The Kier molecular flexibility index (Phi) is 6.32. The Bertz CT molecular complexity index is 1290. The van der Waals surface area contributed by atoms with Gasteiger partial charge in [0.15, 0.2) is 0 Å². The second kappa shape index (κ2) is 9.37. The van der Waals surface area contributed by atoms with E-state index in [1.807, 2.05) is 6.07 Å². The number of hydrogen-bond donors (Lipinski definition) is 1. The number of para-hydroxylation sites is 1. The van der Waals surface area contributed by atoms with Crippen LogP contribution in [0.2, 0.25) is 0 Å². The Morgan fingerprint density at radius 2 is 1.97 bits per heavy atom. The van der Waals surface area contributed by atoms with Crippen LogP contribution in [0, 0.1) is 13.8 Å². The smallest absolute Gasteiger partial charge is 0.229 e. The van der Waals surface area contributed by atoms with E-state index in [0.717, 1.165) is 59.1 Å². The minimum absolute atomic E-state index is 0.0321. The van der Waals surface area contributed by atoms with Crippen molar-refractivity contribution in [1.82, 2.24) is 9.88 Å². The highest BCUT2D eigenvalue weighted by Crippen LogP contribution is 2.45. The number of carbonyl (C=O) groups is 1. The molecule has 0 fully saturated rings. The lowest BCUT2D eigenvalue weighted by molar-refractivity contribution is -0.115. The number of anilines is 1. The van der Waals surface area contributed by atoms with Gasteiger partial charge in [0.25, 0.3) is 0 Å². The average Bonchev–Trinajstić information content (AvgIpc) is 3.36.